The van der Waals surface area contributed by atoms with Gasteiger partial charge in [-0.05, 0) is 39.7 Å². The van der Waals surface area contributed by atoms with Gasteiger partial charge in [0.05, 0.1) is 0 Å². The molecule has 13 heavy (non-hydrogen) atoms. The molecule has 0 bridgehead atoms. The average molecular weight is 184 g/mol. The molecule has 1 aliphatic carbocycles. The van der Waals surface area contributed by atoms with Crippen molar-refractivity contribution in [3.63, 3.8) is 0 Å². The molecule has 0 unspecified atom stereocenters. The van der Waals surface area contributed by atoms with E-state index < -0.39 is 0 Å². The van der Waals surface area contributed by atoms with Crippen LogP contribution in [0.4, 0.5) is 0 Å². The van der Waals surface area contributed by atoms with Gasteiger partial charge < -0.3 is 10.6 Å². The van der Waals surface area contributed by atoms with Gasteiger partial charge in [0.1, 0.15) is 0 Å². The summed E-state index contributed by atoms with van der Waals surface area (Å²) in [5.41, 5.74) is 5.92. The summed E-state index contributed by atoms with van der Waals surface area (Å²) >= 11 is 0. The van der Waals surface area contributed by atoms with Crippen LogP contribution in [0.15, 0.2) is 0 Å². The molecule has 0 spiro atoms. The van der Waals surface area contributed by atoms with Crippen molar-refractivity contribution in [1.82, 2.24) is 4.90 Å². The van der Waals surface area contributed by atoms with Crippen LogP contribution in [0, 0.1) is 5.92 Å². The molecule has 78 valence electrons. The fraction of sp³-hybridized carbons (Fsp3) is 1.00. The number of hydrogen-bond donors (Lipinski definition) is 1. The molecule has 0 atom stereocenters. The standard InChI is InChI=1S/C11H24N2/c1-11(2,12)9-13(3)8-10-6-4-5-7-10/h10H,4-9,12H2,1-3H3. The van der Waals surface area contributed by atoms with Crippen LogP contribution in [0.25, 0.3) is 0 Å². The third kappa shape index (κ3) is 4.63. The molecule has 1 saturated carbocycles. The summed E-state index contributed by atoms with van der Waals surface area (Å²) in [5.74, 6) is 0.937. The Bertz CT molecular complexity index is 143. The van der Waals surface area contributed by atoms with Gasteiger partial charge in [-0.1, -0.05) is 12.8 Å². The minimum absolute atomic E-state index is 0.0483. The Kier molecular flexibility index (Phi) is 3.74. The highest BCUT2D eigenvalue weighted by Gasteiger charge is 2.19. The fourth-order valence-corrected chi connectivity index (χ4v) is 2.39. The largest absolute Gasteiger partial charge is 0.324 e. The maximum absolute atomic E-state index is 5.97. The topological polar surface area (TPSA) is 29.3 Å². The molecule has 0 aromatic heterocycles. The van der Waals surface area contributed by atoms with Crippen molar-refractivity contribution >= 4 is 0 Å². The SMILES string of the molecule is CN(CC1CCCC1)CC(C)(C)N. The highest BCUT2D eigenvalue weighted by atomic mass is 15.1. The molecule has 0 aromatic rings. The Morgan fingerprint density at radius 1 is 1.31 bits per heavy atom. The molecule has 0 heterocycles. The molecule has 2 N–H and O–H groups in total. The second-order valence-electron chi connectivity index (χ2n) is 5.34. The van der Waals surface area contributed by atoms with Gasteiger partial charge in [0, 0.05) is 18.6 Å². The van der Waals surface area contributed by atoms with Crippen LogP contribution in [0.3, 0.4) is 0 Å². The Labute approximate surface area is 82.5 Å². The van der Waals surface area contributed by atoms with E-state index in [-0.39, 0.29) is 5.54 Å². The third-order valence-electron chi connectivity index (χ3n) is 2.72. The first kappa shape index (κ1) is 11.0. The van der Waals surface area contributed by atoms with E-state index >= 15 is 0 Å². The van der Waals surface area contributed by atoms with Crippen molar-refractivity contribution < 1.29 is 0 Å². The number of likely N-dealkylation sites (N-methyl/N-ethyl adjacent to an activating group) is 1. The second kappa shape index (κ2) is 4.43. The van der Waals surface area contributed by atoms with Gasteiger partial charge in [0.2, 0.25) is 0 Å². The maximum Gasteiger partial charge on any atom is 0.0225 e. The van der Waals surface area contributed by atoms with Crippen molar-refractivity contribution in [1.29, 1.82) is 0 Å². The lowest BCUT2D eigenvalue weighted by atomic mass is 10.0. The van der Waals surface area contributed by atoms with Crippen LogP contribution in [-0.2, 0) is 0 Å². The first-order chi connectivity index (χ1) is 5.97. The summed E-state index contributed by atoms with van der Waals surface area (Å²) in [6.07, 6.45) is 5.72. The lowest BCUT2D eigenvalue weighted by Crippen LogP contribution is -2.44. The highest BCUT2D eigenvalue weighted by Crippen LogP contribution is 2.25. The van der Waals surface area contributed by atoms with Crippen LogP contribution in [0.5, 0.6) is 0 Å². The van der Waals surface area contributed by atoms with Gasteiger partial charge in [0.15, 0.2) is 0 Å². The molecule has 1 fully saturated rings. The Morgan fingerprint density at radius 2 is 1.85 bits per heavy atom. The zero-order valence-electron chi connectivity index (χ0n) is 9.34. The van der Waals surface area contributed by atoms with E-state index in [4.69, 9.17) is 5.73 Å². The Morgan fingerprint density at radius 3 is 2.31 bits per heavy atom. The molecule has 1 aliphatic rings. The number of rotatable bonds is 4. The zero-order chi connectivity index (χ0) is 9.90. The number of nitrogens with two attached hydrogens (primary N) is 1. The first-order valence-electron chi connectivity index (χ1n) is 5.45. The first-order valence-corrected chi connectivity index (χ1v) is 5.45. The van der Waals surface area contributed by atoms with Gasteiger partial charge >= 0.3 is 0 Å². The molecule has 2 nitrogen and oxygen atoms in total. The normalized spacial score (nSPS) is 20.1. The molecule has 0 aromatic carbocycles. The highest BCUT2D eigenvalue weighted by molar-refractivity contribution is 4.78. The van der Waals surface area contributed by atoms with E-state index in [1.54, 1.807) is 0 Å². The molecular weight excluding hydrogens is 160 g/mol. The van der Waals surface area contributed by atoms with Crippen molar-refractivity contribution in [2.24, 2.45) is 11.7 Å². The molecule has 0 radical (unpaired) electrons. The van der Waals surface area contributed by atoms with E-state index in [9.17, 15) is 0 Å². The van der Waals surface area contributed by atoms with Crippen LogP contribution >= 0.6 is 0 Å². The van der Waals surface area contributed by atoms with Crippen LogP contribution < -0.4 is 5.73 Å². The summed E-state index contributed by atoms with van der Waals surface area (Å²) in [4.78, 5) is 2.38. The van der Waals surface area contributed by atoms with Crippen molar-refractivity contribution in [3.05, 3.63) is 0 Å². The maximum atomic E-state index is 5.97. The lowest BCUT2D eigenvalue weighted by Gasteiger charge is -2.28. The van der Waals surface area contributed by atoms with E-state index in [0.717, 1.165) is 12.5 Å². The summed E-state index contributed by atoms with van der Waals surface area (Å²) in [7, 11) is 2.19. The van der Waals surface area contributed by atoms with Crippen LogP contribution in [-0.4, -0.2) is 30.6 Å². The Balaban J connectivity index is 2.20. The predicted molar refractivity (Wildman–Crippen MR) is 57.7 cm³/mol. The summed E-state index contributed by atoms with van der Waals surface area (Å²) in [6.45, 7) is 6.43. The molecule has 0 amide bonds. The molecular formula is C11H24N2. The quantitative estimate of drug-likeness (QED) is 0.722. The molecule has 1 rings (SSSR count). The fourth-order valence-electron chi connectivity index (χ4n) is 2.39. The summed E-state index contributed by atoms with van der Waals surface area (Å²) < 4.78 is 0. The Hall–Kier alpha value is -0.0800. The molecule has 0 aliphatic heterocycles. The van der Waals surface area contributed by atoms with E-state index in [1.807, 2.05) is 0 Å². The van der Waals surface area contributed by atoms with Gasteiger partial charge in [-0.2, -0.15) is 0 Å². The smallest absolute Gasteiger partial charge is 0.0225 e. The second-order valence-corrected chi connectivity index (χ2v) is 5.34. The minimum atomic E-state index is -0.0483. The zero-order valence-corrected chi connectivity index (χ0v) is 9.34. The minimum Gasteiger partial charge on any atom is -0.324 e. The van der Waals surface area contributed by atoms with Gasteiger partial charge in [-0.25, -0.2) is 0 Å². The van der Waals surface area contributed by atoms with Crippen LogP contribution in [0.2, 0.25) is 0 Å². The van der Waals surface area contributed by atoms with E-state index in [2.05, 4.69) is 25.8 Å². The molecule has 2 heteroatoms. The average Bonchev–Trinajstić information content (AvgIpc) is 2.34. The van der Waals surface area contributed by atoms with Gasteiger partial charge in [-0.3, -0.25) is 0 Å². The van der Waals surface area contributed by atoms with E-state index in [0.29, 0.717) is 0 Å². The predicted octanol–water partition coefficient (Wildman–Crippen LogP) is 1.85. The van der Waals surface area contributed by atoms with E-state index in [1.165, 1.54) is 32.2 Å². The van der Waals surface area contributed by atoms with Crippen molar-refractivity contribution in [3.8, 4) is 0 Å². The monoisotopic (exact) mass is 184 g/mol. The number of nitrogens with zero attached hydrogens (tertiary/aromatic N) is 1. The van der Waals surface area contributed by atoms with Crippen molar-refractivity contribution in [2.45, 2.75) is 45.1 Å². The van der Waals surface area contributed by atoms with Crippen molar-refractivity contribution in [2.75, 3.05) is 20.1 Å². The third-order valence-corrected chi connectivity index (χ3v) is 2.72. The molecule has 0 saturated heterocycles. The van der Waals surface area contributed by atoms with Crippen LogP contribution in [0.1, 0.15) is 39.5 Å². The number of hydrogen-bond acceptors (Lipinski definition) is 2. The van der Waals surface area contributed by atoms with Gasteiger partial charge in [-0.15, -0.1) is 0 Å². The van der Waals surface area contributed by atoms with Gasteiger partial charge in [0.25, 0.3) is 0 Å². The lowest BCUT2D eigenvalue weighted by molar-refractivity contribution is 0.234. The summed E-state index contributed by atoms with van der Waals surface area (Å²) in [5, 5.41) is 0. The summed E-state index contributed by atoms with van der Waals surface area (Å²) in [6, 6.07) is 0.